The van der Waals surface area contributed by atoms with E-state index in [0.29, 0.717) is 12.8 Å². The van der Waals surface area contributed by atoms with E-state index >= 15 is 0 Å². The number of esters is 1. The lowest BCUT2D eigenvalue weighted by Gasteiger charge is -2.53. The lowest BCUT2D eigenvalue weighted by Crippen LogP contribution is -2.60. The number of aldehydes is 1. The van der Waals surface area contributed by atoms with Crippen molar-refractivity contribution in [1.82, 2.24) is 4.90 Å². The smallest absolute Gasteiger partial charge is 0.383 e. The van der Waals surface area contributed by atoms with Crippen LogP contribution in [0.4, 0.5) is 0 Å². The maximum absolute atomic E-state index is 11.7. The summed E-state index contributed by atoms with van der Waals surface area (Å²) in [6.07, 6.45) is 0.135. The highest BCUT2D eigenvalue weighted by Gasteiger charge is 2.45. The molecule has 122 valence electrons. The van der Waals surface area contributed by atoms with Crippen molar-refractivity contribution in [3.8, 4) is 0 Å². The highest BCUT2D eigenvalue weighted by molar-refractivity contribution is 6.83. The monoisotopic (exact) mass is 311 g/mol. The summed E-state index contributed by atoms with van der Waals surface area (Å²) in [4.78, 5) is 57.6. The largest absolute Gasteiger partial charge is 0.456 e. The van der Waals surface area contributed by atoms with Gasteiger partial charge in [-0.3, -0.25) is 24.1 Å². The van der Waals surface area contributed by atoms with Crippen LogP contribution in [-0.2, 0) is 28.7 Å². The van der Waals surface area contributed by atoms with Gasteiger partial charge in [0.1, 0.15) is 6.10 Å². The summed E-state index contributed by atoms with van der Waals surface area (Å²) in [5.74, 6) is -6.20. The summed E-state index contributed by atoms with van der Waals surface area (Å²) in [6.45, 7) is 7.94. The van der Waals surface area contributed by atoms with Gasteiger partial charge < -0.3 is 4.74 Å². The molecule has 22 heavy (non-hydrogen) atoms. The Balaban J connectivity index is 2.81. The number of carbonyl (C=O) groups excluding carboxylic acids is 5. The van der Waals surface area contributed by atoms with Gasteiger partial charge in [-0.2, -0.15) is 0 Å². The molecule has 1 fully saturated rings. The Kier molecular flexibility index (Phi) is 5.02. The molecule has 1 aliphatic rings. The summed E-state index contributed by atoms with van der Waals surface area (Å²) in [6, 6.07) is 0. The van der Waals surface area contributed by atoms with E-state index in [-0.39, 0.29) is 17.4 Å². The third-order valence-corrected chi connectivity index (χ3v) is 4.27. The highest BCUT2D eigenvalue weighted by atomic mass is 16.5. The highest BCUT2D eigenvalue weighted by Crippen LogP contribution is 2.38. The number of ether oxygens (including phenoxy) is 1. The number of nitrogens with zero attached hydrogens (tertiary/aromatic N) is 1. The van der Waals surface area contributed by atoms with E-state index in [1.165, 1.54) is 0 Å². The van der Waals surface area contributed by atoms with Crippen LogP contribution in [0.3, 0.4) is 0 Å². The Morgan fingerprint density at radius 3 is 1.86 bits per heavy atom. The molecule has 0 aromatic carbocycles. The summed E-state index contributed by atoms with van der Waals surface area (Å²) < 4.78 is 5.08. The normalized spacial score (nSPS) is 21.0. The Labute approximate surface area is 129 Å². The molecule has 7 nitrogen and oxygen atoms in total. The van der Waals surface area contributed by atoms with E-state index in [9.17, 15) is 24.0 Å². The molecule has 0 amide bonds. The van der Waals surface area contributed by atoms with Gasteiger partial charge in [0.15, 0.2) is 6.29 Å². The molecule has 0 unspecified atom stereocenters. The molecule has 0 N–H and O–H groups in total. The predicted molar refractivity (Wildman–Crippen MR) is 76.1 cm³/mol. The van der Waals surface area contributed by atoms with Crippen molar-refractivity contribution < 1.29 is 28.7 Å². The molecule has 1 aliphatic heterocycles. The van der Waals surface area contributed by atoms with E-state index in [1.807, 2.05) is 34.7 Å². The second-order valence-electron chi connectivity index (χ2n) is 6.76. The fourth-order valence-electron chi connectivity index (χ4n) is 2.83. The van der Waals surface area contributed by atoms with Crippen LogP contribution < -0.4 is 0 Å². The number of Topliss-reactive ketones (excluding diaryl/α,β-unsaturated/α-hetero) is 3. The molecule has 0 saturated carbocycles. The molecule has 0 radical (unpaired) electrons. The first kappa shape index (κ1) is 18.2. The number of piperidine rings is 1. The van der Waals surface area contributed by atoms with Crippen molar-refractivity contribution in [2.24, 2.45) is 0 Å². The second-order valence-corrected chi connectivity index (χ2v) is 6.76. The van der Waals surface area contributed by atoms with Crippen molar-refractivity contribution in [2.45, 2.75) is 57.7 Å². The van der Waals surface area contributed by atoms with Gasteiger partial charge in [-0.25, -0.2) is 4.79 Å². The lowest BCUT2D eigenvalue weighted by molar-refractivity contribution is -0.167. The zero-order chi connectivity index (χ0) is 17.3. The second kappa shape index (κ2) is 6.08. The first-order chi connectivity index (χ1) is 9.92. The van der Waals surface area contributed by atoms with E-state index in [0.717, 1.165) is 0 Å². The molecule has 7 heteroatoms. The number of hydrogen-bond acceptors (Lipinski definition) is 7. The molecule has 1 saturated heterocycles. The number of hydrogen-bond donors (Lipinski definition) is 0. The van der Waals surface area contributed by atoms with Gasteiger partial charge in [-0.05, 0) is 34.7 Å². The molecular formula is C15H21NO6. The van der Waals surface area contributed by atoms with E-state index in [1.54, 1.807) is 0 Å². The molecule has 1 heterocycles. The SMILES string of the molecule is CN1C(C)(C)CC(OC(=O)C(=O)C(=O)C(=O)C=O)CC1(C)C. The predicted octanol–water partition coefficient (Wildman–Crippen LogP) is 0.0872. The average Bonchev–Trinajstić information content (AvgIpc) is 2.41. The third kappa shape index (κ3) is 3.65. The minimum Gasteiger partial charge on any atom is -0.456 e. The molecule has 0 aromatic rings. The fraction of sp³-hybridized carbons (Fsp3) is 0.667. The summed E-state index contributed by atoms with van der Waals surface area (Å²) in [5.41, 5.74) is -0.531. The van der Waals surface area contributed by atoms with Crippen molar-refractivity contribution in [1.29, 1.82) is 0 Å². The van der Waals surface area contributed by atoms with Crippen LogP contribution >= 0.6 is 0 Å². The molecule has 0 aromatic heterocycles. The van der Waals surface area contributed by atoms with Crippen LogP contribution in [0.1, 0.15) is 40.5 Å². The van der Waals surface area contributed by atoms with Crippen LogP contribution in [0.5, 0.6) is 0 Å². The summed E-state index contributed by atoms with van der Waals surface area (Å²) in [5, 5.41) is 0. The maximum Gasteiger partial charge on any atom is 0.383 e. The lowest BCUT2D eigenvalue weighted by atomic mass is 9.79. The van der Waals surface area contributed by atoms with Crippen molar-refractivity contribution in [2.75, 3.05) is 7.05 Å². The number of likely N-dealkylation sites (tertiary alicyclic amines) is 1. The number of carbonyl (C=O) groups is 5. The molecule has 0 aliphatic carbocycles. The van der Waals surface area contributed by atoms with Crippen LogP contribution in [0, 0.1) is 0 Å². The van der Waals surface area contributed by atoms with E-state index in [2.05, 4.69) is 4.90 Å². The van der Waals surface area contributed by atoms with Crippen LogP contribution in [0.2, 0.25) is 0 Å². The van der Waals surface area contributed by atoms with E-state index in [4.69, 9.17) is 4.74 Å². The van der Waals surface area contributed by atoms with Crippen molar-refractivity contribution in [3.63, 3.8) is 0 Å². The quantitative estimate of drug-likeness (QED) is 0.307. The van der Waals surface area contributed by atoms with Gasteiger partial charge >= 0.3 is 11.8 Å². The first-order valence-electron chi connectivity index (χ1n) is 6.95. The Bertz CT molecular complexity index is 516. The van der Waals surface area contributed by atoms with Crippen molar-refractivity contribution in [3.05, 3.63) is 0 Å². The van der Waals surface area contributed by atoms with Gasteiger partial charge in [0, 0.05) is 23.9 Å². The number of rotatable bonds is 5. The Hall–Kier alpha value is -1.89. The van der Waals surface area contributed by atoms with Gasteiger partial charge in [0.25, 0.3) is 11.6 Å². The minimum absolute atomic E-state index is 0.266. The molecule has 0 spiro atoms. The standard InChI is InChI=1S/C15H21NO6/c1-14(2)6-9(7-15(3,4)16(14)5)22-13(21)12(20)11(19)10(18)8-17/h8-9H,6-7H2,1-5H3. The van der Waals surface area contributed by atoms with Crippen LogP contribution in [0.25, 0.3) is 0 Å². The van der Waals surface area contributed by atoms with Crippen molar-refractivity contribution >= 4 is 29.6 Å². The Morgan fingerprint density at radius 2 is 1.45 bits per heavy atom. The third-order valence-electron chi connectivity index (χ3n) is 4.27. The Morgan fingerprint density at radius 1 is 1.00 bits per heavy atom. The zero-order valence-corrected chi connectivity index (χ0v) is 13.5. The minimum atomic E-state index is -1.66. The summed E-state index contributed by atoms with van der Waals surface area (Å²) >= 11 is 0. The topological polar surface area (TPSA) is 97.8 Å². The molecule has 0 bridgehead atoms. The van der Waals surface area contributed by atoms with Crippen LogP contribution in [0.15, 0.2) is 0 Å². The zero-order valence-electron chi connectivity index (χ0n) is 13.5. The van der Waals surface area contributed by atoms with Gasteiger partial charge in [0.05, 0.1) is 0 Å². The van der Waals surface area contributed by atoms with Gasteiger partial charge in [0.2, 0.25) is 0 Å². The molecule has 1 rings (SSSR count). The first-order valence-corrected chi connectivity index (χ1v) is 6.95. The average molecular weight is 311 g/mol. The van der Waals surface area contributed by atoms with Gasteiger partial charge in [-0.1, -0.05) is 0 Å². The molecular weight excluding hydrogens is 290 g/mol. The summed E-state index contributed by atoms with van der Waals surface area (Å²) in [7, 11) is 1.97. The number of ketones is 3. The van der Waals surface area contributed by atoms with E-state index < -0.39 is 29.4 Å². The fourth-order valence-corrected chi connectivity index (χ4v) is 2.83. The van der Waals surface area contributed by atoms with Crippen LogP contribution in [-0.4, -0.2) is 58.7 Å². The maximum atomic E-state index is 11.7. The molecule has 0 atom stereocenters. The van der Waals surface area contributed by atoms with Gasteiger partial charge in [-0.15, -0.1) is 0 Å².